The Bertz CT molecular complexity index is 851. The molecule has 29 heavy (non-hydrogen) atoms. The second-order valence-corrected chi connectivity index (χ2v) is 6.89. The van der Waals surface area contributed by atoms with Gasteiger partial charge >= 0.3 is 0 Å². The van der Waals surface area contributed by atoms with E-state index in [1.807, 2.05) is 12.1 Å². The van der Waals surface area contributed by atoms with Crippen LogP contribution in [-0.2, 0) is 16.1 Å². The van der Waals surface area contributed by atoms with Gasteiger partial charge in [-0.2, -0.15) is 0 Å². The van der Waals surface area contributed by atoms with Crippen LogP contribution in [0.25, 0.3) is 0 Å². The summed E-state index contributed by atoms with van der Waals surface area (Å²) in [6.45, 7) is 2.48. The molecule has 0 atom stereocenters. The first-order valence-electron chi connectivity index (χ1n) is 9.26. The van der Waals surface area contributed by atoms with Crippen molar-refractivity contribution in [3.05, 3.63) is 58.6 Å². The number of nitrogens with one attached hydrogen (secondary N) is 1. The highest BCUT2D eigenvalue weighted by molar-refractivity contribution is 6.30. The topological polar surface area (TPSA) is 77.1 Å². The van der Waals surface area contributed by atoms with Crippen LogP contribution in [0.3, 0.4) is 0 Å². The van der Waals surface area contributed by atoms with Gasteiger partial charge in [0.05, 0.1) is 20.3 Å². The van der Waals surface area contributed by atoms with Crippen LogP contribution in [0.4, 0.5) is 0 Å². The van der Waals surface area contributed by atoms with E-state index in [1.54, 1.807) is 35.2 Å². The second-order valence-electron chi connectivity index (χ2n) is 6.46. The Morgan fingerprint density at radius 1 is 1.10 bits per heavy atom. The number of benzene rings is 2. The van der Waals surface area contributed by atoms with Crippen LogP contribution in [0, 0.1) is 0 Å². The molecule has 1 saturated heterocycles. The van der Waals surface area contributed by atoms with E-state index in [-0.39, 0.29) is 18.4 Å². The number of ether oxygens (including phenoxy) is 3. The summed E-state index contributed by atoms with van der Waals surface area (Å²) in [6, 6.07) is 12.1. The maximum Gasteiger partial charge on any atom is 0.260 e. The fraction of sp³-hybridized carbons (Fsp3) is 0.333. The molecule has 3 rings (SSSR count). The summed E-state index contributed by atoms with van der Waals surface area (Å²) in [6.07, 6.45) is 0. The molecule has 2 amide bonds. The van der Waals surface area contributed by atoms with E-state index in [4.69, 9.17) is 25.8 Å². The quantitative estimate of drug-likeness (QED) is 0.747. The molecule has 0 radical (unpaired) electrons. The van der Waals surface area contributed by atoms with E-state index in [2.05, 4.69) is 5.32 Å². The highest BCUT2D eigenvalue weighted by Gasteiger charge is 2.18. The van der Waals surface area contributed by atoms with Gasteiger partial charge in [0.15, 0.2) is 18.1 Å². The number of halogens is 1. The summed E-state index contributed by atoms with van der Waals surface area (Å²) < 4.78 is 16.2. The van der Waals surface area contributed by atoms with E-state index in [9.17, 15) is 9.59 Å². The molecule has 0 saturated carbocycles. The Hall–Kier alpha value is -2.77. The van der Waals surface area contributed by atoms with Crippen molar-refractivity contribution >= 4 is 23.4 Å². The Labute approximate surface area is 174 Å². The van der Waals surface area contributed by atoms with Crippen LogP contribution < -0.4 is 14.8 Å². The molecule has 1 aliphatic rings. The number of hydrogen-bond acceptors (Lipinski definition) is 5. The Kier molecular flexibility index (Phi) is 7.32. The lowest BCUT2D eigenvalue weighted by molar-refractivity contribution is -0.137. The number of carbonyl (C=O) groups is 2. The number of carbonyl (C=O) groups excluding carboxylic acids is 2. The van der Waals surface area contributed by atoms with Crippen molar-refractivity contribution in [1.29, 1.82) is 0 Å². The fourth-order valence-electron chi connectivity index (χ4n) is 2.86. The average molecular weight is 419 g/mol. The second kappa shape index (κ2) is 10.1. The molecule has 0 unspecified atom stereocenters. The van der Waals surface area contributed by atoms with Gasteiger partial charge in [0.25, 0.3) is 11.8 Å². The van der Waals surface area contributed by atoms with E-state index in [0.29, 0.717) is 54.9 Å². The minimum absolute atomic E-state index is 0.0987. The van der Waals surface area contributed by atoms with Gasteiger partial charge in [-0.25, -0.2) is 0 Å². The first-order chi connectivity index (χ1) is 14.1. The van der Waals surface area contributed by atoms with Gasteiger partial charge in [0, 0.05) is 30.2 Å². The molecule has 1 heterocycles. The van der Waals surface area contributed by atoms with Crippen molar-refractivity contribution in [3.63, 3.8) is 0 Å². The van der Waals surface area contributed by atoms with Crippen LogP contribution in [0.2, 0.25) is 5.02 Å². The monoisotopic (exact) mass is 418 g/mol. The number of methoxy groups -OCH3 is 1. The molecule has 1 N–H and O–H groups in total. The lowest BCUT2D eigenvalue weighted by Crippen LogP contribution is -2.43. The zero-order chi connectivity index (χ0) is 20.6. The SMILES string of the molecule is COc1cc(C(=O)NCc2ccc(Cl)cc2)ccc1OCC(=O)N1CCOCC1. The predicted octanol–water partition coefficient (Wildman–Crippen LogP) is 2.52. The Morgan fingerprint density at radius 3 is 2.52 bits per heavy atom. The molecule has 154 valence electrons. The largest absolute Gasteiger partial charge is 0.493 e. The summed E-state index contributed by atoms with van der Waals surface area (Å²) in [7, 11) is 1.49. The molecule has 0 spiro atoms. The summed E-state index contributed by atoms with van der Waals surface area (Å²) in [5.74, 6) is 0.441. The number of rotatable bonds is 7. The van der Waals surface area contributed by atoms with Crippen molar-refractivity contribution < 1.29 is 23.8 Å². The molecule has 2 aromatic carbocycles. The minimum Gasteiger partial charge on any atom is -0.493 e. The summed E-state index contributed by atoms with van der Waals surface area (Å²) in [5.41, 5.74) is 1.37. The van der Waals surface area contributed by atoms with Gasteiger partial charge in [-0.3, -0.25) is 9.59 Å². The van der Waals surface area contributed by atoms with Crippen molar-refractivity contribution in [1.82, 2.24) is 10.2 Å². The zero-order valence-electron chi connectivity index (χ0n) is 16.2. The molecule has 1 fully saturated rings. The highest BCUT2D eigenvalue weighted by Crippen LogP contribution is 2.28. The van der Waals surface area contributed by atoms with Gasteiger partial charge < -0.3 is 24.4 Å². The minimum atomic E-state index is -0.241. The maximum absolute atomic E-state index is 12.4. The molecule has 1 aliphatic heterocycles. The van der Waals surface area contributed by atoms with Crippen molar-refractivity contribution in [3.8, 4) is 11.5 Å². The smallest absolute Gasteiger partial charge is 0.260 e. The normalized spacial score (nSPS) is 13.7. The first-order valence-corrected chi connectivity index (χ1v) is 9.63. The lowest BCUT2D eigenvalue weighted by Gasteiger charge is -2.26. The van der Waals surface area contributed by atoms with Crippen LogP contribution >= 0.6 is 11.6 Å². The third-order valence-corrected chi connectivity index (χ3v) is 4.76. The van der Waals surface area contributed by atoms with Crippen LogP contribution in [0.5, 0.6) is 11.5 Å². The zero-order valence-corrected chi connectivity index (χ0v) is 16.9. The number of amides is 2. The average Bonchev–Trinajstić information content (AvgIpc) is 2.77. The number of morpholine rings is 1. The predicted molar refractivity (Wildman–Crippen MR) is 109 cm³/mol. The standard InChI is InChI=1S/C21H23ClN2O5/c1-27-19-12-16(21(26)23-13-15-2-5-17(22)6-3-15)4-7-18(19)29-14-20(25)24-8-10-28-11-9-24/h2-7,12H,8-11,13-14H2,1H3,(H,23,26). The molecule has 0 aromatic heterocycles. The third kappa shape index (κ3) is 5.85. The summed E-state index contributed by atoms with van der Waals surface area (Å²) in [5, 5.41) is 3.49. The summed E-state index contributed by atoms with van der Waals surface area (Å²) >= 11 is 5.87. The van der Waals surface area contributed by atoms with E-state index in [1.165, 1.54) is 7.11 Å². The van der Waals surface area contributed by atoms with Crippen LogP contribution in [-0.4, -0.2) is 56.7 Å². The molecule has 8 heteroatoms. The van der Waals surface area contributed by atoms with Gasteiger partial charge in [0.2, 0.25) is 0 Å². The van der Waals surface area contributed by atoms with Crippen LogP contribution in [0.15, 0.2) is 42.5 Å². The molecule has 0 bridgehead atoms. The van der Waals surface area contributed by atoms with Gasteiger partial charge in [-0.1, -0.05) is 23.7 Å². The lowest BCUT2D eigenvalue weighted by atomic mass is 10.1. The molecular formula is C21H23ClN2O5. The molecular weight excluding hydrogens is 396 g/mol. The van der Waals surface area contributed by atoms with Crippen molar-refractivity contribution in [2.75, 3.05) is 40.0 Å². The Morgan fingerprint density at radius 2 is 1.83 bits per heavy atom. The third-order valence-electron chi connectivity index (χ3n) is 4.51. The molecule has 2 aromatic rings. The number of hydrogen-bond donors (Lipinski definition) is 1. The van der Waals surface area contributed by atoms with E-state index in [0.717, 1.165) is 5.56 Å². The van der Waals surface area contributed by atoms with E-state index < -0.39 is 0 Å². The Balaban J connectivity index is 1.57. The molecule has 0 aliphatic carbocycles. The summed E-state index contributed by atoms with van der Waals surface area (Å²) in [4.78, 5) is 26.4. The number of nitrogens with zero attached hydrogens (tertiary/aromatic N) is 1. The van der Waals surface area contributed by atoms with Crippen molar-refractivity contribution in [2.24, 2.45) is 0 Å². The molecule has 7 nitrogen and oxygen atoms in total. The maximum atomic E-state index is 12.4. The highest BCUT2D eigenvalue weighted by atomic mass is 35.5. The first kappa shape index (κ1) is 21.0. The van der Waals surface area contributed by atoms with Gasteiger partial charge in [0.1, 0.15) is 0 Å². The van der Waals surface area contributed by atoms with E-state index >= 15 is 0 Å². The van der Waals surface area contributed by atoms with Gasteiger partial charge in [-0.15, -0.1) is 0 Å². The van der Waals surface area contributed by atoms with Gasteiger partial charge in [-0.05, 0) is 35.9 Å². The van der Waals surface area contributed by atoms with Crippen LogP contribution in [0.1, 0.15) is 15.9 Å². The van der Waals surface area contributed by atoms with Crippen molar-refractivity contribution in [2.45, 2.75) is 6.54 Å². The fourth-order valence-corrected chi connectivity index (χ4v) is 2.98.